The number of piperidine rings is 1. The molecule has 1 aliphatic rings. The number of hydrogen-bond acceptors (Lipinski definition) is 7. The van der Waals surface area contributed by atoms with Gasteiger partial charge in [0.05, 0.1) is 23.0 Å². The Balaban J connectivity index is 1.53. The van der Waals surface area contributed by atoms with E-state index in [2.05, 4.69) is 19.9 Å². The number of thiazole rings is 1. The second kappa shape index (κ2) is 8.79. The Hall–Kier alpha value is -1.71. The number of hydrogen-bond donors (Lipinski definition) is 1. The Kier molecular flexibility index (Phi) is 6.44. The zero-order valence-corrected chi connectivity index (χ0v) is 15.5. The molecule has 1 fully saturated rings. The maximum Gasteiger partial charge on any atom is 0.316 e. The Morgan fingerprint density at radius 2 is 1.96 bits per heavy atom. The van der Waals surface area contributed by atoms with Crippen LogP contribution in [0.2, 0.25) is 0 Å². The first-order valence-electron chi connectivity index (χ1n) is 8.65. The van der Waals surface area contributed by atoms with Gasteiger partial charge in [-0.15, -0.1) is 11.3 Å². The molecule has 142 valence electrons. The summed E-state index contributed by atoms with van der Waals surface area (Å²) in [5.74, 6) is 0.394. The van der Waals surface area contributed by atoms with E-state index in [1.165, 1.54) is 16.8 Å². The fraction of sp³-hybridized carbons (Fsp3) is 0.588. The number of rotatable bonds is 7. The molecule has 1 aliphatic heterocycles. The van der Waals surface area contributed by atoms with Crippen molar-refractivity contribution in [3.8, 4) is 6.01 Å². The maximum atomic E-state index is 13.1. The standard InChI is InChI=1S/C17H23F2N5OS/c1-11-7-21-17(22-8-11)25-9-12-2-4-24(5-3-12)13(6-20)15-14(16(18)19)23-10-26-15/h7-8,10,12-13,16H,2-6,9,20H2,1H3. The third-order valence-electron chi connectivity index (χ3n) is 4.65. The number of alkyl halides is 2. The molecule has 6 nitrogen and oxygen atoms in total. The summed E-state index contributed by atoms with van der Waals surface area (Å²) in [4.78, 5) is 14.9. The lowest BCUT2D eigenvalue weighted by Gasteiger charge is -2.36. The van der Waals surface area contributed by atoms with Crippen molar-refractivity contribution in [3.05, 3.63) is 34.0 Å². The van der Waals surface area contributed by atoms with E-state index in [1.807, 2.05) is 6.92 Å². The third-order valence-corrected chi connectivity index (χ3v) is 5.60. The quantitative estimate of drug-likeness (QED) is 0.792. The number of nitrogens with zero attached hydrogens (tertiary/aromatic N) is 4. The van der Waals surface area contributed by atoms with Crippen LogP contribution in [0.5, 0.6) is 6.01 Å². The predicted octanol–water partition coefficient (Wildman–Crippen LogP) is 2.97. The highest BCUT2D eigenvalue weighted by Crippen LogP contribution is 2.34. The molecule has 2 aromatic heterocycles. The van der Waals surface area contributed by atoms with Crippen LogP contribution in [0.15, 0.2) is 17.9 Å². The van der Waals surface area contributed by atoms with Crippen molar-refractivity contribution in [2.24, 2.45) is 11.7 Å². The van der Waals surface area contributed by atoms with Crippen LogP contribution >= 0.6 is 11.3 Å². The smallest absolute Gasteiger partial charge is 0.316 e. The van der Waals surface area contributed by atoms with Gasteiger partial charge in [-0.1, -0.05) is 0 Å². The van der Waals surface area contributed by atoms with Crippen LogP contribution in [0.1, 0.15) is 41.4 Å². The Morgan fingerprint density at radius 1 is 1.27 bits per heavy atom. The largest absolute Gasteiger partial charge is 0.463 e. The van der Waals surface area contributed by atoms with E-state index in [0.29, 0.717) is 30.0 Å². The minimum atomic E-state index is -2.56. The molecule has 1 saturated heterocycles. The van der Waals surface area contributed by atoms with Gasteiger partial charge in [0.1, 0.15) is 5.69 Å². The van der Waals surface area contributed by atoms with Gasteiger partial charge < -0.3 is 10.5 Å². The maximum absolute atomic E-state index is 13.1. The molecule has 2 N–H and O–H groups in total. The minimum Gasteiger partial charge on any atom is -0.463 e. The van der Waals surface area contributed by atoms with Crippen molar-refractivity contribution in [1.82, 2.24) is 19.9 Å². The highest BCUT2D eigenvalue weighted by atomic mass is 32.1. The van der Waals surface area contributed by atoms with Gasteiger partial charge in [-0.3, -0.25) is 4.90 Å². The van der Waals surface area contributed by atoms with Crippen molar-refractivity contribution >= 4 is 11.3 Å². The van der Waals surface area contributed by atoms with Crippen molar-refractivity contribution in [1.29, 1.82) is 0 Å². The highest BCUT2D eigenvalue weighted by molar-refractivity contribution is 7.09. The number of likely N-dealkylation sites (tertiary alicyclic amines) is 1. The summed E-state index contributed by atoms with van der Waals surface area (Å²) in [6.45, 7) is 4.39. The Labute approximate surface area is 155 Å². The third kappa shape index (κ3) is 4.52. The number of ether oxygens (including phenoxy) is 1. The van der Waals surface area contributed by atoms with Crippen molar-refractivity contribution in [2.75, 3.05) is 26.2 Å². The molecule has 3 rings (SSSR count). The molecule has 2 aromatic rings. The topological polar surface area (TPSA) is 77.2 Å². The highest BCUT2D eigenvalue weighted by Gasteiger charge is 2.30. The molecule has 0 aromatic carbocycles. The number of nitrogens with two attached hydrogens (primary N) is 1. The van der Waals surface area contributed by atoms with Gasteiger partial charge in [0, 0.05) is 18.9 Å². The molecule has 0 bridgehead atoms. The van der Waals surface area contributed by atoms with E-state index in [1.54, 1.807) is 12.4 Å². The molecule has 9 heteroatoms. The summed E-state index contributed by atoms with van der Waals surface area (Å²) < 4.78 is 31.9. The van der Waals surface area contributed by atoms with Gasteiger partial charge in [0.2, 0.25) is 0 Å². The summed E-state index contributed by atoms with van der Waals surface area (Å²) in [5.41, 5.74) is 8.23. The first kappa shape index (κ1) is 19.1. The Morgan fingerprint density at radius 3 is 2.58 bits per heavy atom. The fourth-order valence-corrected chi connectivity index (χ4v) is 4.12. The van der Waals surface area contributed by atoms with Crippen LogP contribution in [0.3, 0.4) is 0 Å². The van der Waals surface area contributed by atoms with Crippen molar-refractivity contribution in [3.63, 3.8) is 0 Å². The van der Waals surface area contributed by atoms with Crippen LogP contribution in [0.4, 0.5) is 8.78 Å². The molecule has 0 spiro atoms. The van der Waals surface area contributed by atoms with Crippen LogP contribution in [0.25, 0.3) is 0 Å². The minimum absolute atomic E-state index is 0.132. The van der Waals surface area contributed by atoms with Crippen LogP contribution in [-0.2, 0) is 0 Å². The molecule has 0 radical (unpaired) electrons. The van der Waals surface area contributed by atoms with E-state index in [4.69, 9.17) is 10.5 Å². The zero-order valence-electron chi connectivity index (χ0n) is 14.6. The molecule has 1 atom stereocenters. The van der Waals surface area contributed by atoms with Crippen molar-refractivity contribution < 1.29 is 13.5 Å². The van der Waals surface area contributed by atoms with E-state index < -0.39 is 6.43 Å². The second-order valence-corrected chi connectivity index (χ2v) is 7.37. The number of aryl methyl sites for hydroxylation is 1. The van der Waals surface area contributed by atoms with E-state index in [-0.39, 0.29) is 11.7 Å². The van der Waals surface area contributed by atoms with E-state index in [0.717, 1.165) is 31.5 Å². The van der Waals surface area contributed by atoms with Gasteiger partial charge in [-0.2, -0.15) is 0 Å². The average Bonchev–Trinajstić information content (AvgIpc) is 3.13. The number of aromatic nitrogens is 3. The SMILES string of the molecule is Cc1cnc(OCC2CCN(C(CN)c3scnc3C(F)F)CC2)nc1. The molecule has 3 heterocycles. The molecule has 0 amide bonds. The first-order chi connectivity index (χ1) is 12.6. The lowest BCUT2D eigenvalue weighted by molar-refractivity contribution is 0.103. The monoisotopic (exact) mass is 383 g/mol. The number of halogens is 2. The first-order valence-corrected chi connectivity index (χ1v) is 9.53. The van der Waals surface area contributed by atoms with Gasteiger partial charge in [0.15, 0.2) is 0 Å². The molecular formula is C17H23F2N5OS. The summed E-state index contributed by atoms with van der Waals surface area (Å²) >= 11 is 1.26. The fourth-order valence-electron chi connectivity index (χ4n) is 3.18. The van der Waals surface area contributed by atoms with E-state index >= 15 is 0 Å². The van der Waals surface area contributed by atoms with Crippen LogP contribution in [-0.4, -0.2) is 46.1 Å². The lowest BCUT2D eigenvalue weighted by atomic mass is 9.96. The summed E-state index contributed by atoms with van der Waals surface area (Å²) in [7, 11) is 0. The molecule has 1 unspecified atom stereocenters. The second-order valence-electron chi connectivity index (χ2n) is 6.49. The Bertz CT molecular complexity index is 689. The lowest BCUT2D eigenvalue weighted by Crippen LogP contribution is -2.41. The predicted molar refractivity (Wildman–Crippen MR) is 95.4 cm³/mol. The van der Waals surface area contributed by atoms with Crippen molar-refractivity contribution in [2.45, 2.75) is 32.2 Å². The summed E-state index contributed by atoms with van der Waals surface area (Å²) in [5, 5.41) is 0. The molecule has 0 aliphatic carbocycles. The van der Waals surface area contributed by atoms with Gasteiger partial charge >= 0.3 is 6.01 Å². The normalized spacial score (nSPS) is 17.6. The molecular weight excluding hydrogens is 360 g/mol. The van der Waals surface area contributed by atoms with Gasteiger partial charge in [-0.25, -0.2) is 23.7 Å². The van der Waals surface area contributed by atoms with Crippen LogP contribution < -0.4 is 10.5 Å². The van der Waals surface area contributed by atoms with E-state index in [9.17, 15) is 8.78 Å². The zero-order chi connectivity index (χ0) is 18.5. The van der Waals surface area contributed by atoms with Crippen LogP contribution in [0, 0.1) is 12.8 Å². The van der Waals surface area contributed by atoms with Gasteiger partial charge in [-0.05, 0) is 44.3 Å². The molecule has 0 saturated carbocycles. The van der Waals surface area contributed by atoms with Gasteiger partial charge in [0.25, 0.3) is 6.43 Å². The molecule has 26 heavy (non-hydrogen) atoms. The summed E-state index contributed by atoms with van der Waals surface area (Å²) in [6.07, 6.45) is 2.74. The summed E-state index contributed by atoms with van der Waals surface area (Å²) in [6, 6.07) is 0.192. The average molecular weight is 383 g/mol.